The van der Waals surface area contributed by atoms with Crippen LogP contribution >= 0.6 is 11.3 Å². The van der Waals surface area contributed by atoms with Crippen molar-refractivity contribution >= 4 is 28.3 Å². The Kier molecular flexibility index (Phi) is 5.25. The summed E-state index contributed by atoms with van der Waals surface area (Å²) < 4.78 is 0. The quantitative estimate of drug-likeness (QED) is 0.352. The Morgan fingerprint density at radius 2 is 1.68 bits per heavy atom. The first kappa shape index (κ1) is 23.1. The molecule has 0 radical (unpaired) electrons. The number of carbonyl (C=O) groups excluding carboxylic acids is 2. The van der Waals surface area contributed by atoms with E-state index in [1.165, 1.54) is 11.3 Å². The van der Waals surface area contributed by atoms with Crippen molar-refractivity contribution in [3.8, 4) is 0 Å². The van der Waals surface area contributed by atoms with Gasteiger partial charge in [-0.15, -0.1) is 11.3 Å². The van der Waals surface area contributed by atoms with Gasteiger partial charge < -0.3 is 11.1 Å². The third-order valence-electron chi connectivity index (χ3n) is 7.80. The highest BCUT2D eigenvalue weighted by Crippen LogP contribution is 2.64. The molecule has 7 rings (SSSR count). The van der Waals surface area contributed by atoms with Crippen LogP contribution in [0.3, 0.4) is 0 Å². The van der Waals surface area contributed by atoms with Gasteiger partial charge in [-0.25, -0.2) is 11.6 Å². The van der Waals surface area contributed by atoms with Gasteiger partial charge in [0.2, 0.25) is 11.8 Å². The molecule has 2 bridgehead atoms. The fourth-order valence-electron chi connectivity index (χ4n) is 6.13. The van der Waals surface area contributed by atoms with E-state index in [-0.39, 0.29) is 11.8 Å². The minimum Gasteiger partial charge on any atom is -0.366 e. The SMILES string of the molecule is [C-]#[N+]C12CC(C)(C(=O)Nc3nc(Cc4ccc(C(N)=O)cc4)cs3)C(c3ccccc31)c1ccccc12. The van der Waals surface area contributed by atoms with Crippen LogP contribution in [0.15, 0.2) is 78.2 Å². The van der Waals surface area contributed by atoms with Gasteiger partial charge in [0.15, 0.2) is 5.13 Å². The number of nitrogens with zero attached hydrogens (tertiary/aromatic N) is 2. The number of fused-ring (bicyclic) bond motifs is 1. The highest BCUT2D eigenvalue weighted by molar-refractivity contribution is 7.13. The van der Waals surface area contributed by atoms with Crippen molar-refractivity contribution in [1.29, 1.82) is 0 Å². The number of hydrogen-bond acceptors (Lipinski definition) is 4. The zero-order valence-electron chi connectivity index (χ0n) is 20.2. The number of anilines is 1. The number of primary amides is 1. The Labute approximate surface area is 219 Å². The summed E-state index contributed by atoms with van der Waals surface area (Å²) >= 11 is 1.39. The minimum atomic E-state index is -0.890. The van der Waals surface area contributed by atoms with E-state index < -0.39 is 16.9 Å². The Balaban J connectivity index is 1.30. The molecule has 1 unspecified atom stereocenters. The molecule has 6 nitrogen and oxygen atoms in total. The lowest BCUT2D eigenvalue weighted by atomic mass is 9.49. The van der Waals surface area contributed by atoms with E-state index in [1.807, 2.05) is 60.8 Å². The summed E-state index contributed by atoms with van der Waals surface area (Å²) in [6.45, 7) is 10.3. The largest absolute Gasteiger partial charge is 0.366 e. The second-order valence-electron chi connectivity index (χ2n) is 10.0. The van der Waals surface area contributed by atoms with Crippen LogP contribution in [0.25, 0.3) is 4.85 Å². The predicted molar refractivity (Wildman–Crippen MR) is 143 cm³/mol. The number of carbonyl (C=O) groups is 2. The smallest absolute Gasteiger partial charge is 0.284 e. The fraction of sp³-hybridized carbons (Fsp3) is 0.200. The van der Waals surface area contributed by atoms with Crippen LogP contribution in [0.5, 0.6) is 0 Å². The minimum absolute atomic E-state index is 0.124. The van der Waals surface area contributed by atoms with Crippen LogP contribution < -0.4 is 11.1 Å². The normalized spacial score (nSPS) is 23.0. The maximum atomic E-state index is 13.9. The zero-order chi connectivity index (χ0) is 25.8. The van der Waals surface area contributed by atoms with E-state index in [9.17, 15) is 9.59 Å². The summed E-state index contributed by atoms with van der Waals surface area (Å²) in [7, 11) is 0. The Morgan fingerprint density at radius 1 is 1.05 bits per heavy atom. The van der Waals surface area contributed by atoms with Crippen molar-refractivity contribution in [2.75, 3.05) is 5.32 Å². The maximum Gasteiger partial charge on any atom is 0.284 e. The van der Waals surface area contributed by atoms with E-state index in [0.29, 0.717) is 23.5 Å². The number of nitrogens with one attached hydrogen (secondary N) is 1. The van der Waals surface area contributed by atoms with Gasteiger partial charge >= 0.3 is 0 Å². The third kappa shape index (κ3) is 3.48. The zero-order valence-corrected chi connectivity index (χ0v) is 21.0. The number of thiazole rings is 1. The lowest BCUT2D eigenvalue weighted by molar-refractivity contribution is -0.127. The Bertz CT molecular complexity index is 1550. The molecule has 3 aromatic carbocycles. The predicted octanol–water partition coefficient (Wildman–Crippen LogP) is 5.49. The van der Waals surface area contributed by atoms with Gasteiger partial charge in [0.05, 0.1) is 11.1 Å². The lowest BCUT2D eigenvalue weighted by Crippen LogP contribution is -2.53. The monoisotopic (exact) mass is 504 g/mol. The van der Waals surface area contributed by atoms with E-state index in [1.54, 1.807) is 12.1 Å². The van der Waals surface area contributed by atoms with Gasteiger partial charge in [0.25, 0.3) is 5.54 Å². The van der Waals surface area contributed by atoms with Crippen molar-refractivity contribution < 1.29 is 9.59 Å². The molecular weight excluding hydrogens is 480 g/mol. The molecule has 7 heteroatoms. The number of nitrogens with two attached hydrogens (primary N) is 1. The van der Waals surface area contributed by atoms with Gasteiger partial charge in [-0.05, 0) is 35.7 Å². The lowest BCUT2D eigenvalue weighted by Gasteiger charge is -2.51. The summed E-state index contributed by atoms with van der Waals surface area (Å²) in [5, 5.41) is 5.54. The topological polar surface area (TPSA) is 89.4 Å². The van der Waals surface area contributed by atoms with Crippen LogP contribution in [-0.4, -0.2) is 16.8 Å². The maximum absolute atomic E-state index is 13.9. The summed E-state index contributed by atoms with van der Waals surface area (Å²) in [4.78, 5) is 34.1. The van der Waals surface area contributed by atoms with E-state index in [4.69, 9.17) is 12.3 Å². The molecule has 0 saturated carbocycles. The van der Waals surface area contributed by atoms with Crippen molar-refractivity contribution in [2.45, 2.75) is 31.2 Å². The van der Waals surface area contributed by atoms with Gasteiger partial charge in [-0.2, -0.15) is 0 Å². The van der Waals surface area contributed by atoms with Crippen LogP contribution in [0.2, 0.25) is 0 Å². The first-order chi connectivity index (χ1) is 17.9. The van der Waals surface area contributed by atoms with E-state index in [2.05, 4.69) is 27.3 Å². The van der Waals surface area contributed by atoms with Crippen LogP contribution in [-0.2, 0) is 16.8 Å². The van der Waals surface area contributed by atoms with Gasteiger partial charge in [-0.3, -0.25) is 14.4 Å². The molecule has 1 aromatic heterocycles. The van der Waals surface area contributed by atoms with E-state index >= 15 is 0 Å². The Morgan fingerprint density at radius 3 is 2.27 bits per heavy atom. The summed E-state index contributed by atoms with van der Waals surface area (Å²) in [6, 6.07) is 23.2. The summed E-state index contributed by atoms with van der Waals surface area (Å²) in [5.74, 6) is -0.728. The summed E-state index contributed by atoms with van der Waals surface area (Å²) in [5.41, 5.74) is 10.0. The molecule has 1 heterocycles. The highest BCUT2D eigenvalue weighted by atomic mass is 32.1. The van der Waals surface area contributed by atoms with Crippen molar-refractivity contribution in [3.05, 3.63) is 129 Å². The first-order valence-electron chi connectivity index (χ1n) is 12.1. The van der Waals surface area contributed by atoms with Gasteiger partial charge in [0, 0.05) is 40.8 Å². The molecular formula is C30H24N4O2S. The van der Waals surface area contributed by atoms with Crippen molar-refractivity contribution in [3.63, 3.8) is 0 Å². The standard InChI is InChI=1S/C30H24N4O2S/c1-29(27(36)34-28-33-20(16-37-28)15-18-11-13-19(14-12-18)26(31)35)17-30(32-2)23-9-5-3-7-21(23)25(29)22-8-4-6-10-24(22)30/h3-14,16,25H,15,17H2,1H3,(H2,31,35)(H,33,34,36). The van der Waals surface area contributed by atoms with Crippen LogP contribution in [0, 0.1) is 12.0 Å². The second kappa shape index (κ2) is 8.39. The fourth-order valence-corrected chi connectivity index (χ4v) is 6.83. The number of hydrogen-bond donors (Lipinski definition) is 2. The molecule has 0 aliphatic heterocycles. The van der Waals surface area contributed by atoms with Crippen molar-refractivity contribution in [1.82, 2.24) is 4.98 Å². The molecule has 4 aromatic rings. The Hall–Kier alpha value is -4.28. The molecule has 0 spiro atoms. The number of aromatic nitrogens is 1. The molecule has 1 atom stereocenters. The highest BCUT2D eigenvalue weighted by Gasteiger charge is 2.64. The van der Waals surface area contributed by atoms with Gasteiger partial charge in [-0.1, -0.05) is 60.7 Å². The molecule has 182 valence electrons. The molecule has 37 heavy (non-hydrogen) atoms. The number of rotatable bonds is 5. The molecule has 3 aliphatic rings. The van der Waals surface area contributed by atoms with Crippen molar-refractivity contribution in [2.24, 2.45) is 11.1 Å². The average molecular weight is 505 g/mol. The molecule has 0 fully saturated rings. The second-order valence-corrected chi connectivity index (χ2v) is 10.9. The molecule has 3 aliphatic carbocycles. The summed E-state index contributed by atoms with van der Waals surface area (Å²) in [6.07, 6.45) is 0.991. The van der Waals surface area contributed by atoms with Gasteiger partial charge in [0.1, 0.15) is 0 Å². The molecule has 0 saturated heterocycles. The first-order valence-corrected chi connectivity index (χ1v) is 13.0. The van der Waals surface area contributed by atoms with Crippen LogP contribution in [0.1, 0.15) is 63.1 Å². The molecule has 2 amide bonds. The number of amides is 2. The van der Waals surface area contributed by atoms with Crippen LogP contribution in [0.4, 0.5) is 5.13 Å². The number of benzene rings is 3. The molecule has 3 N–H and O–H groups in total. The third-order valence-corrected chi connectivity index (χ3v) is 8.61. The van der Waals surface area contributed by atoms with E-state index in [0.717, 1.165) is 33.5 Å². The average Bonchev–Trinajstić information content (AvgIpc) is 3.35.